The van der Waals surface area contributed by atoms with Gasteiger partial charge in [-0.05, 0) is 47.3 Å². The van der Waals surface area contributed by atoms with Crippen LogP contribution < -0.4 is 4.90 Å². The predicted molar refractivity (Wildman–Crippen MR) is 65.2 cm³/mol. The van der Waals surface area contributed by atoms with Crippen molar-refractivity contribution in [2.24, 2.45) is 0 Å². The van der Waals surface area contributed by atoms with E-state index < -0.39 is 0 Å². The van der Waals surface area contributed by atoms with Crippen LogP contribution in [0.1, 0.15) is 19.3 Å². The Labute approximate surface area is 102 Å². The van der Waals surface area contributed by atoms with Crippen LogP contribution in [0.15, 0.2) is 16.6 Å². The summed E-state index contributed by atoms with van der Waals surface area (Å²) < 4.78 is 13.8. The van der Waals surface area contributed by atoms with E-state index >= 15 is 0 Å². The maximum atomic E-state index is 13.0. The minimum atomic E-state index is -0.298. The molecule has 1 aromatic carbocycles. The van der Waals surface area contributed by atoms with Gasteiger partial charge in [0.05, 0.1) is 10.7 Å². The number of hydrogen-bond donors (Lipinski definition) is 0. The van der Waals surface area contributed by atoms with Gasteiger partial charge in [0.1, 0.15) is 5.82 Å². The molecule has 0 aromatic heterocycles. The monoisotopic (exact) mass is 291 g/mol. The van der Waals surface area contributed by atoms with E-state index in [-0.39, 0.29) is 5.82 Å². The minimum absolute atomic E-state index is 0.298. The van der Waals surface area contributed by atoms with E-state index in [0.29, 0.717) is 5.02 Å². The van der Waals surface area contributed by atoms with Gasteiger partial charge in [-0.3, -0.25) is 0 Å². The molecule has 1 heterocycles. The number of halogens is 3. The first-order valence-electron chi connectivity index (χ1n) is 5.08. The van der Waals surface area contributed by atoms with Gasteiger partial charge in [-0.2, -0.15) is 0 Å². The Morgan fingerprint density at radius 1 is 1.20 bits per heavy atom. The summed E-state index contributed by atoms with van der Waals surface area (Å²) in [6, 6.07) is 2.84. The molecule has 0 amide bonds. The number of rotatable bonds is 1. The molecule has 1 fully saturated rings. The Hall–Kier alpha value is -0.280. The van der Waals surface area contributed by atoms with Crippen LogP contribution in [0.3, 0.4) is 0 Å². The van der Waals surface area contributed by atoms with Crippen molar-refractivity contribution in [3.63, 3.8) is 0 Å². The molecule has 0 aliphatic carbocycles. The molecule has 0 unspecified atom stereocenters. The van der Waals surface area contributed by atoms with Crippen molar-refractivity contribution in [2.75, 3.05) is 18.0 Å². The van der Waals surface area contributed by atoms with E-state index in [0.717, 1.165) is 23.2 Å². The zero-order valence-electron chi connectivity index (χ0n) is 8.27. The highest BCUT2D eigenvalue weighted by Crippen LogP contribution is 2.36. The van der Waals surface area contributed by atoms with Crippen LogP contribution >= 0.6 is 27.5 Å². The molecule has 0 saturated carbocycles. The quantitative estimate of drug-likeness (QED) is 0.748. The average molecular weight is 293 g/mol. The molecule has 0 atom stereocenters. The Morgan fingerprint density at radius 2 is 1.87 bits per heavy atom. The van der Waals surface area contributed by atoms with E-state index in [1.807, 2.05) is 0 Å². The molecule has 2 rings (SSSR count). The zero-order valence-corrected chi connectivity index (χ0v) is 10.6. The summed E-state index contributed by atoms with van der Waals surface area (Å²) in [6.07, 6.45) is 3.63. The normalized spacial score (nSPS) is 16.9. The molecule has 0 bridgehead atoms. The first-order chi connectivity index (χ1) is 7.18. The van der Waals surface area contributed by atoms with E-state index in [1.165, 1.54) is 31.4 Å². The molecule has 82 valence electrons. The zero-order chi connectivity index (χ0) is 10.8. The molecule has 1 aliphatic heterocycles. The minimum Gasteiger partial charge on any atom is -0.369 e. The van der Waals surface area contributed by atoms with Crippen molar-refractivity contribution in [1.29, 1.82) is 0 Å². The van der Waals surface area contributed by atoms with E-state index in [4.69, 9.17) is 11.6 Å². The summed E-state index contributed by atoms with van der Waals surface area (Å²) in [7, 11) is 0. The highest BCUT2D eigenvalue weighted by molar-refractivity contribution is 9.10. The van der Waals surface area contributed by atoms with Crippen molar-refractivity contribution in [3.8, 4) is 0 Å². The second-order valence-electron chi connectivity index (χ2n) is 3.77. The maximum absolute atomic E-state index is 13.0. The number of piperidine rings is 1. The molecular formula is C11H12BrClFN. The van der Waals surface area contributed by atoms with Gasteiger partial charge in [-0.15, -0.1) is 0 Å². The van der Waals surface area contributed by atoms with Crippen molar-refractivity contribution in [2.45, 2.75) is 19.3 Å². The van der Waals surface area contributed by atoms with Gasteiger partial charge in [0, 0.05) is 17.6 Å². The Kier molecular flexibility index (Phi) is 3.52. The van der Waals surface area contributed by atoms with Crippen LogP contribution in [-0.2, 0) is 0 Å². The topological polar surface area (TPSA) is 3.24 Å². The lowest BCUT2D eigenvalue weighted by molar-refractivity contribution is 0.576. The molecule has 0 N–H and O–H groups in total. The second-order valence-corrected chi connectivity index (χ2v) is 5.03. The van der Waals surface area contributed by atoms with Gasteiger partial charge in [-0.1, -0.05) is 11.6 Å². The summed E-state index contributed by atoms with van der Waals surface area (Å²) in [6.45, 7) is 2.01. The fourth-order valence-electron chi connectivity index (χ4n) is 1.95. The lowest BCUT2D eigenvalue weighted by Crippen LogP contribution is -2.29. The second kappa shape index (κ2) is 4.71. The first kappa shape index (κ1) is 11.2. The van der Waals surface area contributed by atoms with Crippen molar-refractivity contribution in [1.82, 2.24) is 0 Å². The van der Waals surface area contributed by atoms with E-state index in [1.54, 1.807) is 0 Å². The molecule has 15 heavy (non-hydrogen) atoms. The molecule has 0 spiro atoms. The molecule has 1 aromatic rings. The maximum Gasteiger partial charge on any atom is 0.125 e. The Bertz CT molecular complexity index is 341. The number of hydrogen-bond acceptors (Lipinski definition) is 1. The molecule has 1 nitrogen and oxygen atoms in total. The van der Waals surface area contributed by atoms with Gasteiger partial charge in [0.15, 0.2) is 0 Å². The number of anilines is 1. The highest BCUT2D eigenvalue weighted by Gasteiger charge is 2.17. The molecule has 1 aliphatic rings. The largest absolute Gasteiger partial charge is 0.369 e. The van der Waals surface area contributed by atoms with Gasteiger partial charge in [0.25, 0.3) is 0 Å². The Morgan fingerprint density at radius 3 is 2.47 bits per heavy atom. The van der Waals surface area contributed by atoms with E-state index in [9.17, 15) is 4.39 Å². The summed E-state index contributed by atoms with van der Waals surface area (Å²) in [5.41, 5.74) is 0.928. The first-order valence-corrected chi connectivity index (χ1v) is 6.25. The van der Waals surface area contributed by atoms with Crippen LogP contribution in [0.5, 0.6) is 0 Å². The molecular weight excluding hydrogens is 280 g/mol. The Balaban J connectivity index is 2.33. The third-order valence-electron chi connectivity index (χ3n) is 2.65. The molecule has 1 saturated heterocycles. The number of nitrogens with zero attached hydrogens (tertiary/aromatic N) is 1. The molecule has 4 heteroatoms. The summed E-state index contributed by atoms with van der Waals surface area (Å²) in [5.74, 6) is -0.298. The summed E-state index contributed by atoms with van der Waals surface area (Å²) in [5, 5.41) is 0.490. The molecule has 0 radical (unpaired) electrons. The van der Waals surface area contributed by atoms with E-state index in [2.05, 4.69) is 20.8 Å². The van der Waals surface area contributed by atoms with Gasteiger partial charge >= 0.3 is 0 Å². The van der Waals surface area contributed by atoms with Crippen molar-refractivity contribution < 1.29 is 4.39 Å². The summed E-state index contributed by atoms with van der Waals surface area (Å²) >= 11 is 9.42. The fourth-order valence-corrected chi connectivity index (χ4v) is 3.08. The fraction of sp³-hybridized carbons (Fsp3) is 0.455. The SMILES string of the molecule is Fc1cc(Cl)c(N2CCCCC2)c(Br)c1. The van der Waals surface area contributed by atoms with Gasteiger partial charge < -0.3 is 4.90 Å². The van der Waals surface area contributed by atoms with Crippen LogP contribution in [0, 0.1) is 5.82 Å². The van der Waals surface area contributed by atoms with Gasteiger partial charge in [-0.25, -0.2) is 4.39 Å². The lowest BCUT2D eigenvalue weighted by Gasteiger charge is -2.30. The lowest BCUT2D eigenvalue weighted by atomic mass is 10.1. The van der Waals surface area contributed by atoms with Crippen LogP contribution in [-0.4, -0.2) is 13.1 Å². The van der Waals surface area contributed by atoms with Gasteiger partial charge in [0.2, 0.25) is 0 Å². The standard InChI is InChI=1S/C11H12BrClFN/c12-9-6-8(14)7-10(13)11(9)15-4-2-1-3-5-15/h6-7H,1-5H2. The highest BCUT2D eigenvalue weighted by atomic mass is 79.9. The van der Waals surface area contributed by atoms with Crippen molar-refractivity contribution in [3.05, 3.63) is 27.4 Å². The summed E-state index contributed by atoms with van der Waals surface area (Å²) in [4.78, 5) is 2.22. The number of benzene rings is 1. The predicted octanol–water partition coefficient (Wildman–Crippen LogP) is 4.23. The average Bonchev–Trinajstić information content (AvgIpc) is 2.17. The van der Waals surface area contributed by atoms with Crippen molar-refractivity contribution >= 4 is 33.2 Å². The smallest absolute Gasteiger partial charge is 0.125 e. The van der Waals surface area contributed by atoms with Crippen LogP contribution in [0.4, 0.5) is 10.1 Å². The third kappa shape index (κ3) is 2.45. The van der Waals surface area contributed by atoms with Crippen LogP contribution in [0.2, 0.25) is 5.02 Å². The van der Waals surface area contributed by atoms with Crippen LogP contribution in [0.25, 0.3) is 0 Å². The third-order valence-corrected chi connectivity index (χ3v) is 3.55.